The summed E-state index contributed by atoms with van der Waals surface area (Å²) in [7, 11) is 0. The van der Waals surface area contributed by atoms with E-state index in [9.17, 15) is 4.79 Å². The quantitative estimate of drug-likeness (QED) is 0.673. The molecule has 0 spiro atoms. The van der Waals surface area contributed by atoms with Crippen molar-refractivity contribution in [2.24, 2.45) is 5.92 Å². The van der Waals surface area contributed by atoms with E-state index < -0.39 is 0 Å². The molecule has 0 radical (unpaired) electrons. The van der Waals surface area contributed by atoms with Crippen molar-refractivity contribution in [1.29, 1.82) is 0 Å². The normalized spacial score (nSPS) is 22.8. The summed E-state index contributed by atoms with van der Waals surface area (Å²) in [5.41, 5.74) is 7.57. The van der Waals surface area contributed by atoms with Crippen LogP contribution in [-0.2, 0) is 9.53 Å². The van der Waals surface area contributed by atoms with E-state index in [-0.39, 0.29) is 18.0 Å². The minimum absolute atomic E-state index is 0.0314. The zero-order valence-electron chi connectivity index (χ0n) is 12.1. The number of benzene rings is 1. The highest BCUT2D eigenvalue weighted by molar-refractivity contribution is 6.33. The fourth-order valence-corrected chi connectivity index (χ4v) is 2.98. The number of nitrogens with two attached hydrogens (primary N) is 1. The Morgan fingerprint density at radius 1 is 1.30 bits per heavy atom. The van der Waals surface area contributed by atoms with Crippen LogP contribution < -0.4 is 5.73 Å². The van der Waals surface area contributed by atoms with Gasteiger partial charge in [0, 0.05) is 0 Å². The summed E-state index contributed by atoms with van der Waals surface area (Å²) in [6, 6.07) is 5.85. The number of hydrogen-bond acceptors (Lipinski definition) is 3. The Bertz CT molecular complexity index is 479. The van der Waals surface area contributed by atoms with E-state index >= 15 is 0 Å². The van der Waals surface area contributed by atoms with Crippen LogP contribution in [0.3, 0.4) is 0 Å². The van der Waals surface area contributed by atoms with E-state index in [0.29, 0.717) is 16.6 Å². The van der Waals surface area contributed by atoms with Crippen molar-refractivity contribution in [2.75, 3.05) is 5.73 Å². The Labute approximate surface area is 125 Å². The standard InChI is InChI=1S/C16H22ClNO2/c1-10(2)20-16(19)12-5-3-11(4-6-12)13-7-8-15(18)14(17)9-13/h7-12H,3-6,18H2,1-2H3. The van der Waals surface area contributed by atoms with E-state index in [2.05, 4.69) is 0 Å². The predicted octanol–water partition coefficient (Wildman–Crippen LogP) is 4.15. The fourth-order valence-electron chi connectivity index (χ4n) is 2.79. The van der Waals surface area contributed by atoms with Crippen molar-refractivity contribution < 1.29 is 9.53 Å². The molecular formula is C16H22ClNO2. The summed E-state index contributed by atoms with van der Waals surface area (Å²) in [5, 5.41) is 0.615. The van der Waals surface area contributed by atoms with Gasteiger partial charge in [0.15, 0.2) is 0 Å². The van der Waals surface area contributed by atoms with Crippen LogP contribution >= 0.6 is 11.6 Å². The first-order valence-electron chi connectivity index (χ1n) is 7.22. The maximum Gasteiger partial charge on any atom is 0.309 e. The lowest BCUT2D eigenvalue weighted by Crippen LogP contribution is -2.25. The minimum Gasteiger partial charge on any atom is -0.463 e. The monoisotopic (exact) mass is 295 g/mol. The smallest absolute Gasteiger partial charge is 0.309 e. The SMILES string of the molecule is CC(C)OC(=O)C1CCC(c2ccc(N)c(Cl)c2)CC1. The Morgan fingerprint density at radius 3 is 2.50 bits per heavy atom. The lowest BCUT2D eigenvalue weighted by molar-refractivity contribution is -0.153. The number of ether oxygens (including phenoxy) is 1. The van der Waals surface area contributed by atoms with Crippen LogP contribution in [0.4, 0.5) is 5.69 Å². The molecule has 1 aliphatic rings. The molecule has 0 aliphatic heterocycles. The molecule has 20 heavy (non-hydrogen) atoms. The molecule has 0 unspecified atom stereocenters. The first-order valence-corrected chi connectivity index (χ1v) is 7.60. The first kappa shape index (κ1) is 15.2. The van der Waals surface area contributed by atoms with Crippen LogP contribution in [0, 0.1) is 5.92 Å². The average Bonchev–Trinajstić information content (AvgIpc) is 2.41. The summed E-state index contributed by atoms with van der Waals surface area (Å²) in [6.07, 6.45) is 3.74. The molecule has 0 heterocycles. The maximum absolute atomic E-state index is 11.9. The highest BCUT2D eigenvalue weighted by Gasteiger charge is 2.28. The van der Waals surface area contributed by atoms with E-state index in [1.807, 2.05) is 32.0 Å². The Hall–Kier alpha value is -1.22. The van der Waals surface area contributed by atoms with E-state index in [1.165, 1.54) is 5.56 Å². The van der Waals surface area contributed by atoms with Gasteiger partial charge in [0.2, 0.25) is 0 Å². The van der Waals surface area contributed by atoms with Gasteiger partial charge in [0.25, 0.3) is 0 Å². The molecular weight excluding hydrogens is 274 g/mol. The molecule has 0 saturated heterocycles. The van der Waals surface area contributed by atoms with Crippen LogP contribution in [0.1, 0.15) is 51.0 Å². The molecule has 4 heteroatoms. The van der Waals surface area contributed by atoms with Gasteiger partial charge in [-0.05, 0) is 63.1 Å². The van der Waals surface area contributed by atoms with E-state index in [1.54, 1.807) is 0 Å². The third kappa shape index (κ3) is 3.66. The predicted molar refractivity (Wildman–Crippen MR) is 81.8 cm³/mol. The van der Waals surface area contributed by atoms with Crippen LogP contribution in [0.15, 0.2) is 18.2 Å². The van der Waals surface area contributed by atoms with Crippen molar-refractivity contribution in [3.05, 3.63) is 28.8 Å². The number of halogens is 1. The Morgan fingerprint density at radius 2 is 1.95 bits per heavy atom. The Balaban J connectivity index is 1.94. The zero-order valence-corrected chi connectivity index (χ0v) is 12.8. The van der Waals surface area contributed by atoms with Crippen LogP contribution in [-0.4, -0.2) is 12.1 Å². The third-order valence-electron chi connectivity index (χ3n) is 3.91. The third-order valence-corrected chi connectivity index (χ3v) is 4.24. The van der Waals surface area contributed by atoms with Gasteiger partial charge in [-0.25, -0.2) is 0 Å². The van der Waals surface area contributed by atoms with Crippen molar-refractivity contribution in [1.82, 2.24) is 0 Å². The highest BCUT2D eigenvalue weighted by atomic mass is 35.5. The van der Waals surface area contributed by atoms with Crippen LogP contribution in [0.25, 0.3) is 0 Å². The Kier molecular flexibility index (Phi) is 4.92. The van der Waals surface area contributed by atoms with Crippen molar-refractivity contribution >= 4 is 23.3 Å². The average molecular weight is 296 g/mol. The molecule has 0 bridgehead atoms. The second-order valence-corrected chi connectivity index (χ2v) is 6.22. The molecule has 2 rings (SSSR count). The molecule has 2 N–H and O–H groups in total. The number of rotatable bonds is 3. The lowest BCUT2D eigenvalue weighted by atomic mass is 9.78. The van der Waals surface area contributed by atoms with Gasteiger partial charge in [-0.15, -0.1) is 0 Å². The van der Waals surface area contributed by atoms with Gasteiger partial charge >= 0.3 is 5.97 Å². The van der Waals surface area contributed by atoms with Crippen molar-refractivity contribution in [2.45, 2.75) is 51.6 Å². The van der Waals surface area contributed by atoms with Crippen molar-refractivity contribution in [3.63, 3.8) is 0 Å². The van der Waals surface area contributed by atoms with Crippen LogP contribution in [0.5, 0.6) is 0 Å². The number of carbonyl (C=O) groups excluding carboxylic acids is 1. The van der Waals surface area contributed by atoms with Gasteiger partial charge in [0.1, 0.15) is 0 Å². The number of anilines is 1. The van der Waals surface area contributed by atoms with Gasteiger partial charge in [-0.3, -0.25) is 4.79 Å². The molecule has 1 aromatic carbocycles. The summed E-state index contributed by atoms with van der Waals surface area (Å²) in [4.78, 5) is 11.9. The lowest BCUT2D eigenvalue weighted by Gasteiger charge is -2.28. The van der Waals surface area contributed by atoms with E-state index in [0.717, 1.165) is 25.7 Å². The largest absolute Gasteiger partial charge is 0.463 e. The molecule has 0 aromatic heterocycles. The van der Waals surface area contributed by atoms with Crippen molar-refractivity contribution in [3.8, 4) is 0 Å². The van der Waals surface area contributed by atoms with Crippen LogP contribution in [0.2, 0.25) is 5.02 Å². The zero-order chi connectivity index (χ0) is 14.7. The van der Waals surface area contributed by atoms with E-state index in [4.69, 9.17) is 22.1 Å². The first-order chi connectivity index (χ1) is 9.47. The number of carbonyl (C=O) groups is 1. The van der Waals surface area contributed by atoms with Gasteiger partial charge in [-0.1, -0.05) is 17.7 Å². The minimum atomic E-state index is -0.0474. The highest BCUT2D eigenvalue weighted by Crippen LogP contribution is 2.37. The molecule has 0 atom stereocenters. The van der Waals surface area contributed by atoms with Gasteiger partial charge in [-0.2, -0.15) is 0 Å². The number of esters is 1. The molecule has 3 nitrogen and oxygen atoms in total. The second-order valence-electron chi connectivity index (χ2n) is 5.82. The number of hydrogen-bond donors (Lipinski definition) is 1. The fraction of sp³-hybridized carbons (Fsp3) is 0.562. The summed E-state index contributed by atoms with van der Waals surface area (Å²) in [5.74, 6) is 0.475. The molecule has 1 aromatic rings. The van der Waals surface area contributed by atoms with Gasteiger partial charge in [0.05, 0.1) is 22.7 Å². The molecule has 1 saturated carbocycles. The molecule has 0 amide bonds. The topological polar surface area (TPSA) is 52.3 Å². The summed E-state index contributed by atoms with van der Waals surface area (Å²) in [6.45, 7) is 3.78. The molecule has 110 valence electrons. The second kappa shape index (κ2) is 6.49. The molecule has 1 fully saturated rings. The number of nitrogen functional groups attached to an aromatic ring is 1. The summed E-state index contributed by atoms with van der Waals surface area (Å²) < 4.78 is 5.29. The molecule has 1 aliphatic carbocycles. The summed E-state index contributed by atoms with van der Waals surface area (Å²) >= 11 is 6.07. The van der Waals surface area contributed by atoms with Gasteiger partial charge < -0.3 is 10.5 Å². The maximum atomic E-state index is 11.9.